The number of hydrogen-bond donors (Lipinski definition) is 1. The Bertz CT molecular complexity index is 579. The van der Waals surface area contributed by atoms with E-state index in [1.165, 1.54) is 24.8 Å². The molecule has 2 rings (SSSR count). The molecule has 1 aliphatic rings. The van der Waals surface area contributed by atoms with Gasteiger partial charge in [0.15, 0.2) is 0 Å². The maximum Gasteiger partial charge on any atom is 1.00 e. The van der Waals surface area contributed by atoms with Gasteiger partial charge >= 0.3 is 29.6 Å². The standard InChI is InChI=1S/C15H19NO4S.Na/c1-3-4-7-20-10-5-6-12(17)11(8-10)13-16-15(2,9-21-13)14(18)19;/h5-6,8,17H,3-4,7,9H2,1-2H3,(H,18,19);/q;+1/p-1/t15-;/m1./s1. The second-order valence-electron chi connectivity index (χ2n) is 5.15. The van der Waals surface area contributed by atoms with Crippen LogP contribution in [0.25, 0.3) is 0 Å². The van der Waals surface area contributed by atoms with Crippen molar-refractivity contribution in [3.63, 3.8) is 0 Å². The molecule has 0 saturated heterocycles. The Labute approximate surface area is 156 Å². The zero-order chi connectivity index (χ0) is 15.5. The summed E-state index contributed by atoms with van der Waals surface area (Å²) in [6.45, 7) is 4.20. The number of benzene rings is 1. The number of rotatable bonds is 6. The van der Waals surface area contributed by atoms with Crippen molar-refractivity contribution < 1.29 is 49.3 Å². The number of nitrogens with zero attached hydrogens (tertiary/aromatic N) is 1. The van der Waals surface area contributed by atoms with Crippen LogP contribution in [-0.2, 0) is 4.79 Å². The Morgan fingerprint density at radius 1 is 1.55 bits per heavy atom. The van der Waals surface area contributed by atoms with Crippen molar-refractivity contribution >= 4 is 22.8 Å². The number of aliphatic imine (C=N–C) groups is 1. The molecular weight excluding hydrogens is 313 g/mol. The summed E-state index contributed by atoms with van der Waals surface area (Å²) in [5.41, 5.74) is -0.745. The quantitative estimate of drug-likeness (QED) is 0.511. The van der Waals surface area contributed by atoms with Gasteiger partial charge in [0.2, 0.25) is 0 Å². The molecule has 0 unspecified atom stereocenters. The molecule has 0 amide bonds. The molecule has 0 radical (unpaired) electrons. The first kappa shape index (κ1) is 19.4. The topological polar surface area (TPSA) is 82.0 Å². The third-order valence-electron chi connectivity index (χ3n) is 3.24. The summed E-state index contributed by atoms with van der Waals surface area (Å²) in [6, 6.07) is 4.92. The predicted octanol–water partition coefficient (Wildman–Crippen LogP) is -1.42. The van der Waals surface area contributed by atoms with Crippen LogP contribution in [0.5, 0.6) is 11.5 Å². The normalized spacial score (nSPS) is 20.2. The van der Waals surface area contributed by atoms with Crippen molar-refractivity contribution in [2.75, 3.05) is 12.4 Å². The van der Waals surface area contributed by atoms with Crippen LogP contribution in [0.15, 0.2) is 23.2 Å². The van der Waals surface area contributed by atoms with Gasteiger partial charge in [0.05, 0.1) is 18.1 Å². The molecule has 1 aromatic carbocycles. The molecule has 5 nitrogen and oxygen atoms in total. The number of hydrogen-bond acceptors (Lipinski definition) is 6. The number of carbonyl (C=O) groups excluding carboxylic acids is 1. The Balaban J connectivity index is 0.00000242. The minimum atomic E-state index is -1.24. The second kappa shape index (κ2) is 8.24. The van der Waals surface area contributed by atoms with E-state index in [9.17, 15) is 15.0 Å². The van der Waals surface area contributed by atoms with E-state index in [4.69, 9.17) is 4.74 Å². The summed E-state index contributed by atoms with van der Waals surface area (Å²) in [6.07, 6.45) is 1.99. The van der Waals surface area contributed by atoms with Gasteiger partial charge < -0.3 is 19.7 Å². The fourth-order valence-electron chi connectivity index (χ4n) is 1.85. The van der Waals surface area contributed by atoms with Crippen molar-refractivity contribution in [3.05, 3.63) is 23.8 Å². The number of unbranched alkanes of at least 4 members (excludes halogenated alkanes) is 1. The van der Waals surface area contributed by atoms with Crippen molar-refractivity contribution in [1.82, 2.24) is 0 Å². The summed E-state index contributed by atoms with van der Waals surface area (Å²) in [4.78, 5) is 15.3. The number of phenols is 1. The van der Waals surface area contributed by atoms with E-state index in [-0.39, 0.29) is 35.3 Å². The van der Waals surface area contributed by atoms with Crippen LogP contribution < -0.4 is 39.4 Å². The Morgan fingerprint density at radius 2 is 2.27 bits per heavy atom. The number of ether oxygens (including phenoxy) is 1. The zero-order valence-electron chi connectivity index (χ0n) is 13.1. The number of thioether (sulfide) groups is 1. The van der Waals surface area contributed by atoms with Gasteiger partial charge in [-0.1, -0.05) is 13.3 Å². The molecule has 0 fully saturated rings. The van der Waals surface area contributed by atoms with Crippen LogP contribution in [0.3, 0.4) is 0 Å². The number of phenolic OH excluding ortho intramolecular Hbond substituents is 1. The average molecular weight is 331 g/mol. The van der Waals surface area contributed by atoms with Gasteiger partial charge in [-0.25, -0.2) is 0 Å². The zero-order valence-corrected chi connectivity index (χ0v) is 15.9. The summed E-state index contributed by atoms with van der Waals surface area (Å²) >= 11 is 1.30. The molecule has 1 N–H and O–H groups in total. The van der Waals surface area contributed by atoms with Crippen molar-refractivity contribution in [1.29, 1.82) is 0 Å². The Hall–Kier alpha value is -0.690. The molecule has 1 heterocycles. The predicted molar refractivity (Wildman–Crippen MR) is 80.9 cm³/mol. The molecule has 0 bridgehead atoms. The maximum atomic E-state index is 11.1. The summed E-state index contributed by atoms with van der Waals surface area (Å²) in [5, 5.41) is 21.6. The first-order valence-electron chi connectivity index (χ1n) is 6.86. The molecular formula is C15H18NNaO4S. The number of aromatic hydroxyl groups is 1. The largest absolute Gasteiger partial charge is 1.00 e. The van der Waals surface area contributed by atoms with E-state index in [1.54, 1.807) is 12.1 Å². The molecule has 7 heteroatoms. The van der Waals surface area contributed by atoms with Gasteiger partial charge in [-0.05, 0) is 31.5 Å². The first-order valence-corrected chi connectivity index (χ1v) is 7.85. The van der Waals surface area contributed by atoms with Crippen LogP contribution in [0.4, 0.5) is 0 Å². The molecule has 1 aromatic rings. The fraction of sp³-hybridized carbons (Fsp3) is 0.467. The third kappa shape index (κ3) is 4.41. The van der Waals surface area contributed by atoms with Crippen LogP contribution >= 0.6 is 11.8 Å². The van der Waals surface area contributed by atoms with Crippen LogP contribution in [0.1, 0.15) is 32.3 Å². The SMILES string of the molecule is CCCCOc1ccc(O)c(C2=N[C@@](C)(C(=O)[O-])CS2)c1.[Na+]. The van der Waals surface area contributed by atoms with Gasteiger partial charge in [0.25, 0.3) is 0 Å². The van der Waals surface area contributed by atoms with E-state index in [0.717, 1.165) is 12.8 Å². The molecule has 22 heavy (non-hydrogen) atoms. The van der Waals surface area contributed by atoms with Gasteiger partial charge in [-0.2, -0.15) is 0 Å². The van der Waals surface area contributed by atoms with E-state index in [1.807, 2.05) is 0 Å². The monoisotopic (exact) mass is 331 g/mol. The fourth-order valence-corrected chi connectivity index (χ4v) is 3.04. The first-order chi connectivity index (χ1) is 9.96. The number of aliphatic carboxylic acids is 1. The summed E-state index contributed by atoms with van der Waals surface area (Å²) in [5.74, 6) is -0.210. The molecule has 0 aromatic heterocycles. The minimum Gasteiger partial charge on any atom is -0.547 e. The van der Waals surface area contributed by atoms with Gasteiger partial charge in [-0.15, -0.1) is 11.8 Å². The van der Waals surface area contributed by atoms with Gasteiger partial charge in [0.1, 0.15) is 22.1 Å². The average Bonchev–Trinajstić information content (AvgIpc) is 2.85. The maximum absolute atomic E-state index is 11.1. The van der Waals surface area contributed by atoms with Crippen molar-refractivity contribution in [2.45, 2.75) is 32.2 Å². The number of carboxylic acid groups (broad SMARTS) is 1. The van der Waals surface area contributed by atoms with Crippen LogP contribution in [0, 0.1) is 0 Å². The smallest absolute Gasteiger partial charge is 0.547 e. The molecule has 0 saturated carbocycles. The molecule has 0 aliphatic carbocycles. The van der Waals surface area contributed by atoms with Crippen molar-refractivity contribution in [2.24, 2.45) is 4.99 Å². The van der Waals surface area contributed by atoms with Gasteiger partial charge in [0, 0.05) is 5.75 Å². The second-order valence-corrected chi connectivity index (χ2v) is 6.11. The molecule has 1 aliphatic heterocycles. The minimum absolute atomic E-state index is 0. The van der Waals surface area contributed by atoms with E-state index < -0.39 is 11.5 Å². The van der Waals surface area contributed by atoms with Gasteiger partial charge in [-0.3, -0.25) is 4.99 Å². The molecule has 0 spiro atoms. The van der Waals surface area contributed by atoms with Crippen LogP contribution in [-0.4, -0.2) is 34.0 Å². The summed E-state index contributed by atoms with van der Waals surface area (Å²) < 4.78 is 5.60. The number of carbonyl (C=O) groups is 1. The Morgan fingerprint density at radius 3 is 2.86 bits per heavy atom. The van der Waals surface area contributed by atoms with E-state index in [0.29, 0.717) is 28.7 Å². The van der Waals surface area contributed by atoms with Crippen LogP contribution in [0.2, 0.25) is 0 Å². The number of carboxylic acids is 1. The van der Waals surface area contributed by atoms with E-state index in [2.05, 4.69) is 11.9 Å². The third-order valence-corrected chi connectivity index (χ3v) is 4.53. The Kier molecular flexibility index (Phi) is 7.25. The molecule has 1 atom stereocenters. The summed E-state index contributed by atoms with van der Waals surface area (Å²) in [7, 11) is 0. The molecule has 114 valence electrons. The van der Waals surface area contributed by atoms with E-state index >= 15 is 0 Å². The van der Waals surface area contributed by atoms with Crippen molar-refractivity contribution in [3.8, 4) is 11.5 Å².